The lowest BCUT2D eigenvalue weighted by Gasteiger charge is -2.33. The van der Waals surface area contributed by atoms with Crippen LogP contribution >= 0.6 is 12.1 Å². The van der Waals surface area contributed by atoms with Crippen molar-refractivity contribution in [3.05, 3.63) is 35.9 Å². The Balaban J connectivity index is 1.89. The molecule has 3 N–H and O–H groups in total. The molecular formula is C17H23FN6OS. The average molecular weight is 378 g/mol. The Morgan fingerprint density at radius 2 is 2.27 bits per heavy atom. The van der Waals surface area contributed by atoms with Crippen molar-refractivity contribution in [2.45, 2.75) is 17.8 Å². The van der Waals surface area contributed by atoms with Crippen LogP contribution < -0.4 is 15.9 Å². The first-order valence-electron chi connectivity index (χ1n) is 8.36. The van der Waals surface area contributed by atoms with Gasteiger partial charge in [0.25, 0.3) is 0 Å². The first-order chi connectivity index (χ1) is 12.6. The van der Waals surface area contributed by atoms with Crippen LogP contribution in [0.2, 0.25) is 0 Å². The summed E-state index contributed by atoms with van der Waals surface area (Å²) < 4.78 is 18.8. The second kappa shape index (κ2) is 8.52. The van der Waals surface area contributed by atoms with Gasteiger partial charge >= 0.3 is 0 Å². The molecule has 1 aromatic carbocycles. The fraction of sp³-hybridized carbons (Fsp3) is 0.412. The molecule has 0 saturated heterocycles. The average Bonchev–Trinajstić information content (AvgIpc) is 3.08. The van der Waals surface area contributed by atoms with Crippen molar-refractivity contribution >= 4 is 29.9 Å². The lowest BCUT2D eigenvalue weighted by atomic mass is 10.1. The number of nitrogens with zero attached hydrogens (tertiary/aromatic N) is 4. The van der Waals surface area contributed by atoms with Crippen molar-refractivity contribution in [2.24, 2.45) is 15.9 Å². The van der Waals surface area contributed by atoms with Crippen LogP contribution in [-0.2, 0) is 0 Å². The van der Waals surface area contributed by atoms with E-state index in [4.69, 9.17) is 10.6 Å². The van der Waals surface area contributed by atoms with Crippen LogP contribution in [0.15, 0.2) is 40.4 Å². The van der Waals surface area contributed by atoms with Gasteiger partial charge in [0.1, 0.15) is 23.0 Å². The predicted octanol–water partition coefficient (Wildman–Crippen LogP) is 1.85. The van der Waals surface area contributed by atoms with Crippen molar-refractivity contribution in [1.29, 1.82) is 0 Å². The van der Waals surface area contributed by atoms with E-state index in [1.165, 1.54) is 0 Å². The van der Waals surface area contributed by atoms with Crippen LogP contribution in [0.3, 0.4) is 0 Å². The molecule has 9 heteroatoms. The first-order valence-corrected chi connectivity index (χ1v) is 9.14. The van der Waals surface area contributed by atoms with Crippen LogP contribution in [0.25, 0.3) is 5.70 Å². The van der Waals surface area contributed by atoms with Crippen molar-refractivity contribution in [3.63, 3.8) is 0 Å². The molecule has 0 aromatic heterocycles. The largest absolute Gasteiger partial charge is 0.496 e. The van der Waals surface area contributed by atoms with Crippen molar-refractivity contribution in [2.75, 3.05) is 27.2 Å². The van der Waals surface area contributed by atoms with Crippen LogP contribution in [0.4, 0.5) is 3.89 Å². The van der Waals surface area contributed by atoms with Gasteiger partial charge in [0, 0.05) is 38.0 Å². The zero-order valence-corrected chi connectivity index (χ0v) is 15.6. The second-order valence-electron chi connectivity index (χ2n) is 6.08. The molecule has 0 spiro atoms. The Hall–Kier alpha value is -2.10. The van der Waals surface area contributed by atoms with Crippen molar-refractivity contribution < 1.29 is 8.62 Å². The highest BCUT2D eigenvalue weighted by atomic mass is 32.2. The third-order valence-corrected chi connectivity index (χ3v) is 4.75. The topological polar surface area (TPSA) is 78.5 Å². The number of hydrazine groups is 1. The van der Waals surface area contributed by atoms with E-state index in [1.54, 1.807) is 23.3 Å². The lowest BCUT2D eigenvalue weighted by molar-refractivity contribution is 0.329. The summed E-state index contributed by atoms with van der Waals surface area (Å²) in [6, 6.07) is 7.70. The number of rotatable bonds is 7. The Bertz CT molecular complexity index is 723. The molecular weight excluding hydrogens is 355 g/mol. The zero-order chi connectivity index (χ0) is 18.5. The molecule has 0 fully saturated rings. The van der Waals surface area contributed by atoms with Gasteiger partial charge in [-0.3, -0.25) is 15.8 Å². The minimum Gasteiger partial charge on any atom is -0.496 e. The highest BCUT2D eigenvalue weighted by Gasteiger charge is 2.38. The third kappa shape index (κ3) is 4.00. The minimum absolute atomic E-state index is 0.269. The summed E-state index contributed by atoms with van der Waals surface area (Å²) in [7, 11) is 3.45. The first kappa shape index (κ1) is 18.7. The van der Waals surface area contributed by atoms with Crippen molar-refractivity contribution in [1.82, 2.24) is 15.3 Å². The quantitative estimate of drug-likeness (QED) is 0.428. The number of hydrogen-bond donors (Lipinski definition) is 2. The van der Waals surface area contributed by atoms with E-state index in [0.717, 1.165) is 30.0 Å². The van der Waals surface area contributed by atoms with Crippen molar-refractivity contribution in [3.8, 4) is 5.75 Å². The Kier molecular flexibility index (Phi) is 6.12. The molecule has 0 radical (unpaired) electrons. The van der Waals surface area contributed by atoms with Gasteiger partial charge in [-0.2, -0.15) is 8.99 Å². The van der Waals surface area contributed by atoms with E-state index < -0.39 is 5.25 Å². The smallest absolute Gasteiger partial charge is 0.148 e. The monoisotopic (exact) mass is 378 g/mol. The molecule has 26 heavy (non-hydrogen) atoms. The molecule has 2 heterocycles. The van der Waals surface area contributed by atoms with Gasteiger partial charge in [-0.25, -0.2) is 5.01 Å². The van der Waals surface area contributed by atoms with Crippen LogP contribution in [0, 0.1) is 0 Å². The highest BCUT2D eigenvalue weighted by molar-refractivity contribution is 7.95. The van der Waals surface area contributed by atoms with Gasteiger partial charge in [0.2, 0.25) is 0 Å². The number of hydrazone groups is 1. The Morgan fingerprint density at radius 1 is 1.46 bits per heavy atom. The fourth-order valence-corrected chi connectivity index (χ4v) is 3.28. The number of nitrogens with two attached hydrogens (primary N) is 1. The summed E-state index contributed by atoms with van der Waals surface area (Å²) >= 11 is 0.269. The molecule has 140 valence electrons. The molecule has 2 atom stereocenters. The third-order valence-electron chi connectivity index (χ3n) is 4.17. The van der Waals surface area contributed by atoms with E-state index in [2.05, 4.69) is 15.4 Å². The number of para-hydroxylation sites is 1. The van der Waals surface area contributed by atoms with E-state index >= 15 is 0 Å². The van der Waals surface area contributed by atoms with E-state index in [0.29, 0.717) is 12.4 Å². The molecule has 0 amide bonds. The van der Waals surface area contributed by atoms with Gasteiger partial charge in [-0.15, -0.1) is 0 Å². The van der Waals surface area contributed by atoms with Crippen LogP contribution in [-0.4, -0.2) is 60.7 Å². The minimum atomic E-state index is -0.409. The highest BCUT2D eigenvalue weighted by Crippen LogP contribution is 2.32. The normalized spacial score (nSPS) is 23.2. The number of halogens is 1. The van der Waals surface area contributed by atoms with Gasteiger partial charge in [0.15, 0.2) is 0 Å². The number of nitrogens with one attached hydrogen (secondary N) is 1. The zero-order valence-electron chi connectivity index (χ0n) is 14.8. The number of methoxy groups -OCH3 is 1. The predicted molar refractivity (Wildman–Crippen MR) is 104 cm³/mol. The standard InChI is InChI=1S/C17H23FN6OS/c1-23(19)9-5-8-20-16-10-13(12-6-3-4-7-14(12)25-2)22-17-15(26-18)11-21-24(16)17/h3-4,6-7,10-11,15,17,22H,5,8-9,19H2,1-2H3. The maximum absolute atomic E-state index is 13.3. The van der Waals surface area contributed by atoms with Gasteiger partial charge in [-0.1, -0.05) is 12.1 Å². The summed E-state index contributed by atoms with van der Waals surface area (Å²) in [5.41, 5.74) is 1.74. The molecule has 0 bridgehead atoms. The van der Waals surface area contributed by atoms with E-state index in [-0.39, 0.29) is 18.3 Å². The number of hydrogen-bond acceptors (Lipinski definition) is 7. The van der Waals surface area contributed by atoms with Crippen LogP contribution in [0.5, 0.6) is 5.75 Å². The summed E-state index contributed by atoms with van der Waals surface area (Å²) in [6.45, 7) is 1.35. The molecule has 0 aliphatic carbocycles. The van der Waals surface area contributed by atoms with E-state index in [1.807, 2.05) is 37.4 Å². The second-order valence-corrected chi connectivity index (χ2v) is 6.81. The molecule has 2 aliphatic rings. The summed E-state index contributed by atoms with van der Waals surface area (Å²) in [5, 5.41) is 10.6. The van der Waals surface area contributed by atoms with Gasteiger partial charge in [-0.05, 0) is 18.6 Å². The molecule has 2 aliphatic heterocycles. The number of aliphatic imine (C=N–C) groups is 1. The van der Waals surface area contributed by atoms with Gasteiger partial charge < -0.3 is 10.1 Å². The summed E-state index contributed by atoms with van der Waals surface area (Å²) in [5.74, 6) is 7.07. The molecule has 3 rings (SSSR count). The Morgan fingerprint density at radius 3 is 3.00 bits per heavy atom. The lowest BCUT2D eigenvalue weighted by Crippen LogP contribution is -2.50. The number of ether oxygens (including phenoxy) is 1. The van der Waals surface area contributed by atoms with Gasteiger partial charge in [0.05, 0.1) is 25.0 Å². The Labute approximate surface area is 157 Å². The van der Waals surface area contributed by atoms with E-state index in [9.17, 15) is 3.89 Å². The molecule has 7 nitrogen and oxygen atoms in total. The summed E-state index contributed by atoms with van der Waals surface area (Å²) in [6.07, 6.45) is 4.02. The number of amidine groups is 1. The maximum atomic E-state index is 13.3. The number of fused-ring (bicyclic) bond motifs is 1. The number of benzene rings is 1. The van der Waals surface area contributed by atoms with Crippen LogP contribution in [0.1, 0.15) is 12.0 Å². The maximum Gasteiger partial charge on any atom is 0.148 e. The fourth-order valence-electron chi connectivity index (χ4n) is 2.90. The molecule has 2 unspecified atom stereocenters. The molecule has 0 saturated carbocycles. The molecule has 1 aromatic rings. The SMILES string of the molecule is COc1ccccc1C1=CC(=NCCCN(C)N)N2N=CC(SF)C2N1. The summed E-state index contributed by atoms with van der Waals surface area (Å²) in [4.78, 5) is 4.66.